The molecule has 0 saturated heterocycles. The molecule has 0 aliphatic carbocycles. The summed E-state index contributed by atoms with van der Waals surface area (Å²) in [7, 11) is 0. The van der Waals surface area contributed by atoms with Gasteiger partial charge in [-0.05, 0) is 42.8 Å². The second kappa shape index (κ2) is 7.22. The van der Waals surface area contributed by atoms with Crippen LogP contribution in [0.2, 0.25) is 5.02 Å². The van der Waals surface area contributed by atoms with E-state index in [-0.39, 0.29) is 18.0 Å². The van der Waals surface area contributed by atoms with E-state index in [4.69, 9.17) is 11.6 Å². The van der Waals surface area contributed by atoms with Gasteiger partial charge in [-0.15, -0.1) is 0 Å². The smallest absolute Gasteiger partial charge is 0.226 e. The summed E-state index contributed by atoms with van der Waals surface area (Å²) in [6, 6.07) is 8.41. The van der Waals surface area contributed by atoms with Gasteiger partial charge in [-0.1, -0.05) is 11.6 Å². The van der Waals surface area contributed by atoms with Gasteiger partial charge in [0.15, 0.2) is 0 Å². The molecule has 2 N–H and O–H groups in total. The van der Waals surface area contributed by atoms with E-state index >= 15 is 0 Å². The lowest BCUT2D eigenvalue weighted by atomic mass is 10.2. The van der Waals surface area contributed by atoms with E-state index in [2.05, 4.69) is 10.6 Å². The lowest BCUT2D eigenvalue weighted by molar-refractivity contribution is -0.116. The Morgan fingerprint density at radius 3 is 2.55 bits per heavy atom. The minimum Gasteiger partial charge on any atom is -0.384 e. The summed E-state index contributed by atoms with van der Waals surface area (Å²) in [5, 5.41) is 6.16. The van der Waals surface area contributed by atoms with Crippen molar-refractivity contribution in [3.63, 3.8) is 0 Å². The van der Waals surface area contributed by atoms with E-state index in [0.717, 1.165) is 23.4 Å². The highest BCUT2D eigenvalue weighted by Crippen LogP contribution is 2.19. The van der Waals surface area contributed by atoms with Crippen molar-refractivity contribution in [3.05, 3.63) is 58.6 Å². The van der Waals surface area contributed by atoms with Gasteiger partial charge in [0.1, 0.15) is 11.6 Å². The first-order valence-electron chi connectivity index (χ1n) is 6.70. The summed E-state index contributed by atoms with van der Waals surface area (Å²) in [5.74, 6) is -1.84. The van der Waals surface area contributed by atoms with Gasteiger partial charge in [0, 0.05) is 29.7 Å². The molecular weight excluding hydrogens is 310 g/mol. The maximum Gasteiger partial charge on any atom is 0.226 e. The van der Waals surface area contributed by atoms with E-state index in [0.29, 0.717) is 11.6 Å². The Labute approximate surface area is 132 Å². The minimum absolute atomic E-state index is 0.0333. The minimum atomic E-state index is -0.796. The Balaban J connectivity index is 1.85. The first-order chi connectivity index (χ1) is 10.5. The number of hydrogen-bond acceptors (Lipinski definition) is 2. The third-order valence-electron chi connectivity index (χ3n) is 3.06. The van der Waals surface area contributed by atoms with Gasteiger partial charge in [0.2, 0.25) is 5.91 Å². The summed E-state index contributed by atoms with van der Waals surface area (Å²) in [6.45, 7) is 2.29. The van der Waals surface area contributed by atoms with Crippen LogP contribution in [0.1, 0.15) is 12.0 Å². The van der Waals surface area contributed by atoms with Crippen molar-refractivity contribution >= 4 is 28.9 Å². The largest absolute Gasteiger partial charge is 0.384 e. The molecule has 0 aliphatic heterocycles. The van der Waals surface area contributed by atoms with Gasteiger partial charge >= 0.3 is 0 Å². The third-order valence-corrected chi connectivity index (χ3v) is 3.30. The van der Waals surface area contributed by atoms with E-state index in [1.807, 2.05) is 19.1 Å². The molecule has 2 rings (SSSR count). The van der Waals surface area contributed by atoms with E-state index in [1.165, 1.54) is 6.07 Å². The van der Waals surface area contributed by atoms with Crippen LogP contribution in [0.5, 0.6) is 0 Å². The molecule has 0 spiro atoms. The number of carbonyl (C=O) groups excluding carboxylic acids is 1. The lowest BCUT2D eigenvalue weighted by Gasteiger charge is -2.10. The van der Waals surface area contributed by atoms with Crippen LogP contribution in [0.3, 0.4) is 0 Å². The third kappa shape index (κ3) is 4.43. The standard InChI is InChI=1S/C16H15ClF2N2O/c1-10-8-11(17)2-4-14(10)20-7-6-16(22)21-15-5-3-12(18)9-13(15)19/h2-5,8-9,20H,6-7H2,1H3,(H,21,22). The van der Waals surface area contributed by atoms with Crippen molar-refractivity contribution in [2.45, 2.75) is 13.3 Å². The van der Waals surface area contributed by atoms with Crippen molar-refractivity contribution in [3.8, 4) is 0 Å². The van der Waals surface area contributed by atoms with Crippen molar-refractivity contribution in [2.24, 2.45) is 0 Å². The highest BCUT2D eigenvalue weighted by atomic mass is 35.5. The predicted octanol–water partition coefficient (Wildman–Crippen LogP) is 4.37. The molecule has 0 atom stereocenters. The summed E-state index contributed by atoms with van der Waals surface area (Å²) >= 11 is 5.86. The van der Waals surface area contributed by atoms with Crippen molar-refractivity contribution in [1.82, 2.24) is 0 Å². The Hall–Kier alpha value is -2.14. The maximum atomic E-state index is 13.4. The molecule has 0 bridgehead atoms. The Bertz CT molecular complexity index is 692. The zero-order valence-electron chi connectivity index (χ0n) is 11.9. The highest BCUT2D eigenvalue weighted by molar-refractivity contribution is 6.30. The number of benzene rings is 2. The number of nitrogens with one attached hydrogen (secondary N) is 2. The Morgan fingerprint density at radius 1 is 1.14 bits per heavy atom. The first-order valence-corrected chi connectivity index (χ1v) is 7.08. The second-order valence-electron chi connectivity index (χ2n) is 4.81. The van der Waals surface area contributed by atoms with Gasteiger partial charge < -0.3 is 10.6 Å². The van der Waals surface area contributed by atoms with Crippen LogP contribution >= 0.6 is 11.6 Å². The van der Waals surface area contributed by atoms with Gasteiger partial charge in [-0.25, -0.2) is 8.78 Å². The zero-order valence-corrected chi connectivity index (χ0v) is 12.7. The second-order valence-corrected chi connectivity index (χ2v) is 5.24. The van der Waals surface area contributed by atoms with Crippen LogP contribution in [0, 0.1) is 18.6 Å². The predicted molar refractivity (Wildman–Crippen MR) is 84.3 cm³/mol. The van der Waals surface area contributed by atoms with E-state index in [9.17, 15) is 13.6 Å². The summed E-state index contributed by atoms with van der Waals surface area (Å²) < 4.78 is 26.2. The van der Waals surface area contributed by atoms with Crippen molar-refractivity contribution in [2.75, 3.05) is 17.2 Å². The molecule has 0 aliphatic rings. The van der Waals surface area contributed by atoms with Gasteiger partial charge in [0.05, 0.1) is 5.69 Å². The quantitative estimate of drug-likeness (QED) is 0.857. The van der Waals surface area contributed by atoms with Gasteiger partial charge in [0.25, 0.3) is 0 Å². The fourth-order valence-electron chi connectivity index (χ4n) is 1.94. The number of amides is 1. The van der Waals surface area contributed by atoms with E-state index in [1.54, 1.807) is 6.07 Å². The lowest BCUT2D eigenvalue weighted by Crippen LogP contribution is -2.17. The number of carbonyl (C=O) groups is 1. The molecule has 0 unspecified atom stereocenters. The molecule has 0 fully saturated rings. The van der Waals surface area contributed by atoms with Crippen molar-refractivity contribution in [1.29, 1.82) is 0 Å². The average molecular weight is 325 g/mol. The summed E-state index contributed by atoms with van der Waals surface area (Å²) in [5.41, 5.74) is 1.82. The van der Waals surface area contributed by atoms with Crippen LogP contribution in [-0.4, -0.2) is 12.5 Å². The fraction of sp³-hybridized carbons (Fsp3) is 0.188. The average Bonchev–Trinajstić information content (AvgIpc) is 2.44. The Kier molecular flexibility index (Phi) is 5.33. The molecule has 0 aromatic heterocycles. The van der Waals surface area contributed by atoms with Gasteiger partial charge in [-0.2, -0.15) is 0 Å². The molecule has 116 valence electrons. The molecule has 0 heterocycles. The topological polar surface area (TPSA) is 41.1 Å². The number of aryl methyl sites for hydroxylation is 1. The zero-order chi connectivity index (χ0) is 16.1. The van der Waals surface area contributed by atoms with Crippen LogP contribution in [0.15, 0.2) is 36.4 Å². The SMILES string of the molecule is Cc1cc(Cl)ccc1NCCC(=O)Nc1ccc(F)cc1F. The molecule has 2 aromatic rings. The normalized spacial score (nSPS) is 10.4. The van der Waals surface area contributed by atoms with Crippen LogP contribution in [-0.2, 0) is 4.79 Å². The molecule has 0 radical (unpaired) electrons. The molecule has 22 heavy (non-hydrogen) atoms. The maximum absolute atomic E-state index is 13.4. The van der Waals surface area contributed by atoms with Crippen LogP contribution < -0.4 is 10.6 Å². The number of rotatable bonds is 5. The monoisotopic (exact) mass is 324 g/mol. The fourth-order valence-corrected chi connectivity index (χ4v) is 2.17. The van der Waals surface area contributed by atoms with Crippen LogP contribution in [0.25, 0.3) is 0 Å². The molecule has 3 nitrogen and oxygen atoms in total. The number of halogens is 3. The first kappa shape index (κ1) is 16.2. The summed E-state index contributed by atoms with van der Waals surface area (Å²) in [6.07, 6.45) is 0.152. The number of anilines is 2. The molecule has 1 amide bonds. The highest BCUT2D eigenvalue weighted by Gasteiger charge is 2.08. The molecular formula is C16H15ClF2N2O. The Morgan fingerprint density at radius 2 is 1.86 bits per heavy atom. The van der Waals surface area contributed by atoms with Crippen LogP contribution in [0.4, 0.5) is 20.2 Å². The number of hydrogen-bond donors (Lipinski definition) is 2. The summed E-state index contributed by atoms with van der Waals surface area (Å²) in [4.78, 5) is 11.7. The molecule has 0 saturated carbocycles. The van der Waals surface area contributed by atoms with E-state index < -0.39 is 11.6 Å². The molecule has 6 heteroatoms. The molecule has 2 aromatic carbocycles. The van der Waals surface area contributed by atoms with Gasteiger partial charge in [-0.3, -0.25) is 4.79 Å². The van der Waals surface area contributed by atoms with Crippen molar-refractivity contribution < 1.29 is 13.6 Å².